The number of benzene rings is 1. The summed E-state index contributed by atoms with van der Waals surface area (Å²) < 4.78 is 26.0. The quantitative estimate of drug-likeness (QED) is 0.806. The first-order chi connectivity index (χ1) is 9.69. The maximum atomic E-state index is 13.2. The highest BCUT2D eigenvalue weighted by Crippen LogP contribution is 2.19. The van der Waals surface area contributed by atoms with Crippen LogP contribution in [0, 0.1) is 17.6 Å². The summed E-state index contributed by atoms with van der Waals surface area (Å²) >= 11 is 0. The highest BCUT2D eigenvalue weighted by Gasteiger charge is 2.19. The van der Waals surface area contributed by atoms with E-state index in [2.05, 4.69) is 17.1 Å². The van der Waals surface area contributed by atoms with Gasteiger partial charge in [-0.25, -0.2) is 8.78 Å². The molecular weight excluding hydrogens is 258 g/mol. The smallest absolute Gasteiger partial charge is 0.159 e. The zero-order valence-corrected chi connectivity index (χ0v) is 12.2. The lowest BCUT2D eigenvalue weighted by atomic mass is 9.96. The zero-order valence-electron chi connectivity index (χ0n) is 12.2. The van der Waals surface area contributed by atoms with Crippen LogP contribution in [0.2, 0.25) is 0 Å². The Morgan fingerprint density at radius 2 is 1.95 bits per heavy atom. The summed E-state index contributed by atoms with van der Waals surface area (Å²) in [6.07, 6.45) is 3.54. The first-order valence-electron chi connectivity index (χ1n) is 7.56. The molecule has 1 aliphatic rings. The third-order valence-electron chi connectivity index (χ3n) is 3.96. The van der Waals surface area contributed by atoms with E-state index < -0.39 is 11.6 Å². The van der Waals surface area contributed by atoms with Gasteiger partial charge >= 0.3 is 0 Å². The standard InChI is InChI=1S/C16H24F2N2/c1-2-7-19-11-13-5-8-20(9-6-13)12-14-3-4-15(17)16(18)10-14/h3-4,10,13,19H,2,5-9,11-12H2,1H3. The van der Waals surface area contributed by atoms with E-state index in [1.54, 1.807) is 6.07 Å². The molecular formula is C16H24F2N2. The van der Waals surface area contributed by atoms with Gasteiger partial charge in [0, 0.05) is 6.54 Å². The van der Waals surface area contributed by atoms with Crippen LogP contribution in [0.4, 0.5) is 8.78 Å². The van der Waals surface area contributed by atoms with Gasteiger partial charge < -0.3 is 5.32 Å². The molecule has 20 heavy (non-hydrogen) atoms. The molecule has 0 unspecified atom stereocenters. The van der Waals surface area contributed by atoms with E-state index in [1.165, 1.54) is 31.4 Å². The predicted octanol–water partition coefficient (Wildman–Crippen LogP) is 3.18. The van der Waals surface area contributed by atoms with E-state index in [1.807, 2.05) is 0 Å². The van der Waals surface area contributed by atoms with Gasteiger partial charge in [-0.15, -0.1) is 0 Å². The maximum absolute atomic E-state index is 13.2. The van der Waals surface area contributed by atoms with Crippen molar-refractivity contribution in [1.29, 1.82) is 0 Å². The van der Waals surface area contributed by atoms with Crippen LogP contribution in [0.3, 0.4) is 0 Å². The number of hydrogen-bond acceptors (Lipinski definition) is 2. The lowest BCUT2D eigenvalue weighted by Gasteiger charge is -2.32. The number of halogens is 2. The van der Waals surface area contributed by atoms with Crippen molar-refractivity contribution < 1.29 is 8.78 Å². The van der Waals surface area contributed by atoms with Crippen LogP contribution in [0.15, 0.2) is 18.2 Å². The fourth-order valence-electron chi connectivity index (χ4n) is 2.73. The molecule has 4 heteroatoms. The number of piperidine rings is 1. The molecule has 0 aromatic heterocycles. The fourth-order valence-corrected chi connectivity index (χ4v) is 2.73. The molecule has 0 saturated carbocycles. The van der Waals surface area contributed by atoms with E-state index in [9.17, 15) is 8.78 Å². The number of nitrogens with zero attached hydrogens (tertiary/aromatic N) is 1. The minimum atomic E-state index is -0.769. The van der Waals surface area contributed by atoms with Gasteiger partial charge in [0.05, 0.1) is 0 Å². The molecule has 0 atom stereocenters. The summed E-state index contributed by atoms with van der Waals surface area (Å²) in [5.74, 6) is -0.765. The van der Waals surface area contributed by atoms with Gasteiger partial charge in [0.25, 0.3) is 0 Å². The van der Waals surface area contributed by atoms with Crippen LogP contribution >= 0.6 is 0 Å². The summed E-state index contributed by atoms with van der Waals surface area (Å²) in [6, 6.07) is 4.20. The van der Waals surface area contributed by atoms with Gasteiger partial charge in [-0.1, -0.05) is 13.0 Å². The average molecular weight is 282 g/mol. The maximum Gasteiger partial charge on any atom is 0.159 e. The Hall–Kier alpha value is -1.00. The Morgan fingerprint density at radius 3 is 2.60 bits per heavy atom. The van der Waals surface area contributed by atoms with E-state index in [-0.39, 0.29) is 0 Å². The van der Waals surface area contributed by atoms with Crippen molar-refractivity contribution >= 4 is 0 Å². The molecule has 112 valence electrons. The van der Waals surface area contributed by atoms with E-state index in [0.29, 0.717) is 6.54 Å². The Bertz CT molecular complexity index is 415. The lowest BCUT2D eigenvalue weighted by Crippen LogP contribution is -2.37. The number of rotatable bonds is 6. The molecule has 0 radical (unpaired) electrons. The number of hydrogen-bond donors (Lipinski definition) is 1. The summed E-state index contributed by atoms with van der Waals surface area (Å²) in [5.41, 5.74) is 0.853. The van der Waals surface area contributed by atoms with Crippen LogP contribution in [-0.2, 0) is 6.54 Å². The summed E-state index contributed by atoms with van der Waals surface area (Å²) in [6.45, 7) is 7.17. The molecule has 2 rings (SSSR count). The van der Waals surface area contributed by atoms with E-state index in [4.69, 9.17) is 0 Å². The molecule has 0 bridgehead atoms. The van der Waals surface area contributed by atoms with Gasteiger partial charge in [0.1, 0.15) is 0 Å². The predicted molar refractivity (Wildman–Crippen MR) is 77.5 cm³/mol. The second kappa shape index (κ2) is 7.70. The molecule has 1 aliphatic heterocycles. The van der Waals surface area contributed by atoms with Crippen LogP contribution in [0.5, 0.6) is 0 Å². The first-order valence-corrected chi connectivity index (χ1v) is 7.56. The summed E-state index contributed by atoms with van der Waals surface area (Å²) in [4.78, 5) is 2.32. The highest BCUT2D eigenvalue weighted by atomic mass is 19.2. The van der Waals surface area contributed by atoms with Gasteiger partial charge in [-0.05, 0) is 69.1 Å². The third kappa shape index (κ3) is 4.53. The van der Waals surface area contributed by atoms with Crippen molar-refractivity contribution in [3.05, 3.63) is 35.4 Å². The Kier molecular flexibility index (Phi) is 5.92. The van der Waals surface area contributed by atoms with Gasteiger partial charge in [0.2, 0.25) is 0 Å². The van der Waals surface area contributed by atoms with Gasteiger partial charge in [0.15, 0.2) is 11.6 Å². The third-order valence-corrected chi connectivity index (χ3v) is 3.96. The molecule has 1 fully saturated rings. The van der Waals surface area contributed by atoms with E-state index >= 15 is 0 Å². The minimum absolute atomic E-state index is 0.715. The topological polar surface area (TPSA) is 15.3 Å². The van der Waals surface area contributed by atoms with Crippen molar-refractivity contribution in [2.24, 2.45) is 5.92 Å². The monoisotopic (exact) mass is 282 g/mol. The largest absolute Gasteiger partial charge is 0.316 e. The number of nitrogens with one attached hydrogen (secondary N) is 1. The van der Waals surface area contributed by atoms with Crippen molar-refractivity contribution in [3.8, 4) is 0 Å². The fraction of sp³-hybridized carbons (Fsp3) is 0.625. The molecule has 1 heterocycles. The normalized spacial score (nSPS) is 17.6. The van der Waals surface area contributed by atoms with Crippen molar-refractivity contribution in [3.63, 3.8) is 0 Å². The average Bonchev–Trinajstić information content (AvgIpc) is 2.45. The van der Waals surface area contributed by atoms with Crippen LogP contribution in [0.25, 0.3) is 0 Å². The molecule has 1 saturated heterocycles. The van der Waals surface area contributed by atoms with Crippen LogP contribution < -0.4 is 5.32 Å². The molecule has 1 aromatic carbocycles. The van der Waals surface area contributed by atoms with Crippen molar-refractivity contribution in [2.75, 3.05) is 26.2 Å². The second-order valence-corrected chi connectivity index (χ2v) is 5.67. The minimum Gasteiger partial charge on any atom is -0.316 e. The van der Waals surface area contributed by atoms with Crippen LogP contribution in [0.1, 0.15) is 31.7 Å². The number of likely N-dealkylation sites (tertiary alicyclic amines) is 1. The zero-order chi connectivity index (χ0) is 14.4. The molecule has 0 spiro atoms. The van der Waals surface area contributed by atoms with Crippen molar-refractivity contribution in [2.45, 2.75) is 32.7 Å². The highest BCUT2D eigenvalue weighted by molar-refractivity contribution is 5.17. The van der Waals surface area contributed by atoms with Gasteiger partial charge in [-0.2, -0.15) is 0 Å². The van der Waals surface area contributed by atoms with E-state index in [0.717, 1.165) is 37.7 Å². The van der Waals surface area contributed by atoms with Gasteiger partial charge in [-0.3, -0.25) is 4.90 Å². The SMILES string of the molecule is CCCNCC1CCN(Cc2ccc(F)c(F)c2)CC1. The lowest BCUT2D eigenvalue weighted by molar-refractivity contribution is 0.175. The Morgan fingerprint density at radius 1 is 1.20 bits per heavy atom. The first kappa shape index (κ1) is 15.4. The molecule has 0 aliphatic carbocycles. The Balaban J connectivity index is 1.75. The Labute approximate surface area is 120 Å². The molecule has 2 nitrogen and oxygen atoms in total. The second-order valence-electron chi connectivity index (χ2n) is 5.67. The molecule has 1 N–H and O–H groups in total. The summed E-state index contributed by atoms with van der Waals surface area (Å²) in [5, 5.41) is 3.47. The summed E-state index contributed by atoms with van der Waals surface area (Å²) in [7, 11) is 0. The van der Waals surface area contributed by atoms with Crippen LogP contribution in [-0.4, -0.2) is 31.1 Å². The molecule has 0 amide bonds. The van der Waals surface area contributed by atoms with Crippen molar-refractivity contribution in [1.82, 2.24) is 10.2 Å². The molecule has 1 aromatic rings.